The zero-order valence-electron chi connectivity index (χ0n) is 10.6. The summed E-state index contributed by atoms with van der Waals surface area (Å²) in [7, 11) is 0. The van der Waals surface area contributed by atoms with Gasteiger partial charge < -0.3 is 4.74 Å². The van der Waals surface area contributed by atoms with Crippen molar-refractivity contribution in [2.24, 2.45) is 0 Å². The van der Waals surface area contributed by atoms with Gasteiger partial charge in [0.15, 0.2) is 0 Å². The van der Waals surface area contributed by atoms with Crippen LogP contribution in [0.25, 0.3) is 0 Å². The average Bonchev–Trinajstić information content (AvgIpc) is 2.53. The SMILES string of the molecule is CC.CC1=CC=CC2C=C1Oc1ccccc12. The maximum absolute atomic E-state index is 5.85. The highest BCUT2D eigenvalue weighted by Gasteiger charge is 2.21. The molecule has 1 aliphatic heterocycles. The molecule has 2 bridgehead atoms. The molecule has 0 aromatic heterocycles. The third-order valence-electron chi connectivity index (χ3n) is 2.88. The van der Waals surface area contributed by atoms with Crippen molar-refractivity contribution in [3.05, 3.63) is 65.5 Å². The molecule has 0 saturated heterocycles. The Bertz CT molecular complexity index is 492. The van der Waals surface area contributed by atoms with E-state index in [1.54, 1.807) is 0 Å². The molecule has 1 aliphatic carbocycles. The van der Waals surface area contributed by atoms with Crippen molar-refractivity contribution in [3.8, 4) is 5.75 Å². The van der Waals surface area contributed by atoms with Gasteiger partial charge in [0.25, 0.3) is 0 Å². The summed E-state index contributed by atoms with van der Waals surface area (Å²) in [6, 6.07) is 8.22. The van der Waals surface area contributed by atoms with Crippen LogP contribution in [0.4, 0.5) is 0 Å². The van der Waals surface area contributed by atoms with E-state index in [9.17, 15) is 0 Å². The minimum absolute atomic E-state index is 0.360. The minimum Gasteiger partial charge on any atom is -0.457 e. The molecule has 0 radical (unpaired) electrons. The second-order valence-electron chi connectivity index (χ2n) is 3.93. The van der Waals surface area contributed by atoms with E-state index >= 15 is 0 Å². The molecule has 17 heavy (non-hydrogen) atoms. The quantitative estimate of drug-likeness (QED) is 0.628. The number of benzene rings is 1. The Morgan fingerprint density at radius 1 is 1.12 bits per heavy atom. The van der Waals surface area contributed by atoms with Crippen LogP contribution in [0.2, 0.25) is 0 Å². The smallest absolute Gasteiger partial charge is 0.131 e. The third-order valence-corrected chi connectivity index (χ3v) is 2.88. The Labute approximate surface area is 103 Å². The highest BCUT2D eigenvalue weighted by atomic mass is 16.5. The fourth-order valence-electron chi connectivity index (χ4n) is 2.03. The first-order valence-corrected chi connectivity index (χ1v) is 6.18. The lowest BCUT2D eigenvalue weighted by atomic mass is 9.95. The van der Waals surface area contributed by atoms with E-state index in [1.165, 1.54) is 11.1 Å². The largest absolute Gasteiger partial charge is 0.457 e. The minimum atomic E-state index is 0.360. The first-order valence-electron chi connectivity index (χ1n) is 6.18. The molecule has 1 nitrogen and oxygen atoms in total. The molecule has 0 spiro atoms. The monoisotopic (exact) mass is 226 g/mol. The molecule has 1 heterocycles. The van der Waals surface area contributed by atoms with E-state index in [4.69, 9.17) is 4.74 Å². The van der Waals surface area contributed by atoms with E-state index in [0.29, 0.717) is 5.92 Å². The highest BCUT2D eigenvalue weighted by Crippen LogP contribution is 2.37. The number of hydrogen-bond acceptors (Lipinski definition) is 1. The molecule has 1 atom stereocenters. The molecule has 1 unspecified atom stereocenters. The lowest BCUT2D eigenvalue weighted by molar-refractivity contribution is 0.417. The number of rotatable bonds is 0. The molecule has 1 heteroatoms. The van der Waals surface area contributed by atoms with Crippen molar-refractivity contribution in [2.75, 3.05) is 0 Å². The van der Waals surface area contributed by atoms with Gasteiger partial charge in [0.2, 0.25) is 0 Å². The van der Waals surface area contributed by atoms with E-state index in [1.807, 2.05) is 26.0 Å². The van der Waals surface area contributed by atoms with Gasteiger partial charge >= 0.3 is 0 Å². The van der Waals surface area contributed by atoms with Crippen LogP contribution in [-0.4, -0.2) is 0 Å². The summed E-state index contributed by atoms with van der Waals surface area (Å²) in [5, 5.41) is 0. The molecule has 88 valence electrons. The van der Waals surface area contributed by atoms with Crippen LogP contribution in [0.3, 0.4) is 0 Å². The van der Waals surface area contributed by atoms with Crippen molar-refractivity contribution in [1.82, 2.24) is 0 Å². The zero-order valence-corrected chi connectivity index (χ0v) is 10.6. The average molecular weight is 226 g/mol. The van der Waals surface area contributed by atoms with Crippen molar-refractivity contribution < 1.29 is 4.74 Å². The van der Waals surface area contributed by atoms with Gasteiger partial charge in [-0.25, -0.2) is 0 Å². The van der Waals surface area contributed by atoms with Crippen LogP contribution < -0.4 is 4.74 Å². The van der Waals surface area contributed by atoms with Gasteiger partial charge in [-0.05, 0) is 24.6 Å². The van der Waals surface area contributed by atoms with E-state index in [2.05, 4.69) is 43.4 Å². The first-order chi connectivity index (χ1) is 8.34. The van der Waals surface area contributed by atoms with Gasteiger partial charge in [0.1, 0.15) is 11.5 Å². The number of allylic oxidation sites excluding steroid dienone is 5. The van der Waals surface area contributed by atoms with Gasteiger partial charge in [-0.2, -0.15) is 0 Å². The molecule has 0 amide bonds. The molecule has 1 aromatic rings. The number of para-hydroxylation sites is 1. The number of ether oxygens (including phenoxy) is 1. The summed E-state index contributed by atoms with van der Waals surface area (Å²) in [6.07, 6.45) is 8.59. The normalized spacial score (nSPS) is 19.8. The van der Waals surface area contributed by atoms with Crippen molar-refractivity contribution in [2.45, 2.75) is 26.7 Å². The van der Waals surface area contributed by atoms with Crippen LogP contribution in [0.5, 0.6) is 5.75 Å². The van der Waals surface area contributed by atoms with Crippen LogP contribution in [0.1, 0.15) is 32.3 Å². The van der Waals surface area contributed by atoms with E-state index in [0.717, 1.165) is 11.5 Å². The molecule has 3 rings (SSSR count). The second kappa shape index (κ2) is 5.05. The van der Waals surface area contributed by atoms with Crippen molar-refractivity contribution in [1.29, 1.82) is 0 Å². The summed E-state index contributed by atoms with van der Waals surface area (Å²) in [4.78, 5) is 0. The number of hydrogen-bond donors (Lipinski definition) is 0. The predicted octanol–water partition coefficient (Wildman–Crippen LogP) is 4.59. The Morgan fingerprint density at radius 2 is 1.88 bits per heavy atom. The van der Waals surface area contributed by atoms with Gasteiger partial charge in [-0.3, -0.25) is 0 Å². The van der Waals surface area contributed by atoms with E-state index in [-0.39, 0.29) is 0 Å². The molecular weight excluding hydrogens is 208 g/mol. The van der Waals surface area contributed by atoms with Crippen LogP contribution in [0, 0.1) is 0 Å². The van der Waals surface area contributed by atoms with Gasteiger partial charge in [0, 0.05) is 11.5 Å². The van der Waals surface area contributed by atoms with Crippen LogP contribution in [0.15, 0.2) is 59.9 Å². The standard InChI is InChI=1S/C14H12O.C2H6/c1-10-5-4-6-11-9-14(10)15-13-8-3-2-7-12(11)13;1-2/h2-9,11H,1H3;1-2H3. The van der Waals surface area contributed by atoms with Gasteiger partial charge in [0.05, 0.1) is 0 Å². The highest BCUT2D eigenvalue weighted by molar-refractivity contribution is 5.50. The van der Waals surface area contributed by atoms with Crippen LogP contribution >= 0.6 is 0 Å². The molecule has 0 fully saturated rings. The Kier molecular flexibility index (Phi) is 3.48. The Morgan fingerprint density at radius 3 is 2.71 bits per heavy atom. The maximum Gasteiger partial charge on any atom is 0.131 e. The molecule has 0 saturated carbocycles. The van der Waals surface area contributed by atoms with Crippen molar-refractivity contribution in [3.63, 3.8) is 0 Å². The molecular formula is C16H18O. The maximum atomic E-state index is 5.85. The van der Waals surface area contributed by atoms with E-state index < -0.39 is 0 Å². The summed E-state index contributed by atoms with van der Waals surface area (Å²) < 4.78 is 5.85. The summed E-state index contributed by atoms with van der Waals surface area (Å²) >= 11 is 0. The molecule has 1 aromatic carbocycles. The second-order valence-corrected chi connectivity index (χ2v) is 3.93. The summed E-state index contributed by atoms with van der Waals surface area (Å²) in [6.45, 7) is 6.08. The fraction of sp³-hybridized carbons (Fsp3) is 0.250. The zero-order chi connectivity index (χ0) is 12.3. The van der Waals surface area contributed by atoms with Gasteiger partial charge in [-0.1, -0.05) is 50.3 Å². The van der Waals surface area contributed by atoms with Crippen molar-refractivity contribution >= 4 is 0 Å². The summed E-state index contributed by atoms with van der Waals surface area (Å²) in [5.74, 6) is 2.33. The predicted molar refractivity (Wildman–Crippen MR) is 72.1 cm³/mol. The van der Waals surface area contributed by atoms with Crippen LogP contribution in [-0.2, 0) is 0 Å². The lowest BCUT2D eigenvalue weighted by Gasteiger charge is -2.22. The fourth-order valence-corrected chi connectivity index (χ4v) is 2.03. The lowest BCUT2D eigenvalue weighted by Crippen LogP contribution is -2.07. The Hall–Kier alpha value is -1.76. The third kappa shape index (κ3) is 2.19. The summed E-state index contributed by atoms with van der Waals surface area (Å²) in [5.41, 5.74) is 2.43. The first kappa shape index (κ1) is 11.7. The molecule has 0 N–H and O–H groups in total. The van der Waals surface area contributed by atoms with Gasteiger partial charge in [-0.15, -0.1) is 0 Å². The topological polar surface area (TPSA) is 9.23 Å². The number of fused-ring (bicyclic) bond motifs is 3. The Balaban J connectivity index is 0.000000514. The molecule has 2 aliphatic rings.